The lowest BCUT2D eigenvalue weighted by Gasteiger charge is -2.01. The highest BCUT2D eigenvalue weighted by Crippen LogP contribution is 2.27. The van der Waals surface area contributed by atoms with E-state index in [-0.39, 0.29) is 0 Å². The van der Waals surface area contributed by atoms with Gasteiger partial charge in [0.15, 0.2) is 0 Å². The van der Waals surface area contributed by atoms with Gasteiger partial charge in [-0.1, -0.05) is 6.07 Å². The number of aromatic carboxylic acids is 1. The van der Waals surface area contributed by atoms with Gasteiger partial charge in [0.05, 0.1) is 12.7 Å². The second-order valence-electron chi connectivity index (χ2n) is 3.69. The molecular weight excluding hydrogens is 271 g/mol. The van der Waals surface area contributed by atoms with Crippen LogP contribution in [0.4, 0.5) is 4.39 Å². The first-order valence-corrected chi connectivity index (χ1v) is 6.11. The van der Waals surface area contributed by atoms with Crippen LogP contribution in [0.15, 0.2) is 29.6 Å². The van der Waals surface area contributed by atoms with Gasteiger partial charge in [-0.2, -0.15) is 0 Å². The van der Waals surface area contributed by atoms with Gasteiger partial charge in [0.25, 0.3) is 0 Å². The maximum Gasteiger partial charge on any atom is 0.348 e. The van der Waals surface area contributed by atoms with Gasteiger partial charge in [0.2, 0.25) is 0 Å². The number of halogens is 1. The summed E-state index contributed by atoms with van der Waals surface area (Å²) in [5.74, 6) is -2.58. The van der Waals surface area contributed by atoms with Gasteiger partial charge < -0.3 is 9.84 Å². The lowest BCUT2D eigenvalue weighted by Crippen LogP contribution is -2.00. The molecule has 0 aliphatic heterocycles. The number of carboxylic acid groups (broad SMARTS) is 1. The van der Waals surface area contributed by atoms with Crippen molar-refractivity contribution in [3.8, 4) is 11.1 Å². The average Bonchev–Trinajstić information content (AvgIpc) is 2.87. The van der Waals surface area contributed by atoms with Crippen LogP contribution in [0, 0.1) is 5.82 Å². The summed E-state index contributed by atoms with van der Waals surface area (Å²) in [5.41, 5.74) is 0.779. The Morgan fingerprint density at radius 1 is 1.26 bits per heavy atom. The maximum absolute atomic E-state index is 13.3. The Labute approximate surface area is 112 Å². The van der Waals surface area contributed by atoms with Crippen LogP contribution in [-0.2, 0) is 4.74 Å². The molecule has 0 saturated heterocycles. The largest absolute Gasteiger partial charge is 0.478 e. The van der Waals surface area contributed by atoms with Crippen molar-refractivity contribution in [2.24, 2.45) is 0 Å². The molecule has 0 radical (unpaired) electrons. The van der Waals surface area contributed by atoms with E-state index >= 15 is 0 Å². The van der Waals surface area contributed by atoms with Gasteiger partial charge in [0.1, 0.15) is 10.7 Å². The monoisotopic (exact) mass is 280 g/mol. The number of methoxy groups -OCH3 is 1. The Hall–Kier alpha value is -2.21. The van der Waals surface area contributed by atoms with Crippen LogP contribution in [0.1, 0.15) is 20.0 Å². The average molecular weight is 280 g/mol. The number of benzene rings is 1. The fourth-order valence-corrected chi connectivity index (χ4v) is 2.40. The van der Waals surface area contributed by atoms with Crippen molar-refractivity contribution in [2.75, 3.05) is 7.11 Å². The summed E-state index contributed by atoms with van der Waals surface area (Å²) in [6.45, 7) is 0. The van der Waals surface area contributed by atoms with E-state index in [0.29, 0.717) is 16.0 Å². The van der Waals surface area contributed by atoms with Crippen molar-refractivity contribution < 1.29 is 23.8 Å². The molecule has 0 unspecified atom stereocenters. The number of rotatable bonds is 3. The van der Waals surface area contributed by atoms with Crippen LogP contribution in [0.25, 0.3) is 11.1 Å². The van der Waals surface area contributed by atoms with Gasteiger partial charge in [-0.05, 0) is 34.7 Å². The van der Waals surface area contributed by atoms with Crippen LogP contribution in [0.2, 0.25) is 0 Å². The highest BCUT2D eigenvalue weighted by Gasteiger charge is 2.14. The third-order valence-electron chi connectivity index (χ3n) is 2.52. The number of esters is 1. The second kappa shape index (κ2) is 5.19. The van der Waals surface area contributed by atoms with E-state index in [4.69, 9.17) is 5.11 Å². The quantitative estimate of drug-likeness (QED) is 0.878. The zero-order valence-electron chi connectivity index (χ0n) is 9.84. The molecule has 0 amide bonds. The number of carbonyl (C=O) groups excluding carboxylic acids is 1. The fraction of sp³-hybridized carbons (Fsp3) is 0.0769. The molecule has 0 spiro atoms. The van der Waals surface area contributed by atoms with Crippen LogP contribution < -0.4 is 0 Å². The number of carbonyl (C=O) groups is 2. The minimum atomic E-state index is -1.33. The molecule has 1 N–H and O–H groups in total. The zero-order valence-corrected chi connectivity index (χ0v) is 10.7. The molecule has 19 heavy (non-hydrogen) atoms. The molecule has 1 aromatic carbocycles. The zero-order chi connectivity index (χ0) is 14.0. The van der Waals surface area contributed by atoms with E-state index in [9.17, 15) is 14.0 Å². The molecule has 2 rings (SSSR count). The molecule has 2 aromatic rings. The van der Waals surface area contributed by atoms with Gasteiger partial charge in [-0.3, -0.25) is 0 Å². The van der Waals surface area contributed by atoms with Crippen LogP contribution >= 0.6 is 11.3 Å². The molecule has 0 aliphatic carbocycles. The van der Waals surface area contributed by atoms with Crippen LogP contribution in [0.3, 0.4) is 0 Å². The van der Waals surface area contributed by atoms with Gasteiger partial charge >= 0.3 is 11.9 Å². The summed E-state index contributed by atoms with van der Waals surface area (Å²) < 4.78 is 17.9. The molecule has 0 bridgehead atoms. The third-order valence-corrected chi connectivity index (χ3v) is 3.43. The van der Waals surface area contributed by atoms with Crippen molar-refractivity contribution in [1.82, 2.24) is 0 Å². The minimum absolute atomic E-state index is 0.400. The van der Waals surface area contributed by atoms with E-state index < -0.39 is 23.3 Å². The first-order chi connectivity index (χ1) is 9.02. The van der Waals surface area contributed by atoms with Crippen molar-refractivity contribution in [1.29, 1.82) is 0 Å². The van der Waals surface area contributed by atoms with Crippen LogP contribution in [0.5, 0.6) is 0 Å². The maximum atomic E-state index is 13.3. The van der Waals surface area contributed by atoms with E-state index in [1.165, 1.54) is 30.6 Å². The van der Waals surface area contributed by atoms with Crippen LogP contribution in [-0.4, -0.2) is 24.2 Å². The topological polar surface area (TPSA) is 63.6 Å². The molecule has 1 heterocycles. The smallest absolute Gasteiger partial charge is 0.348 e. The molecule has 0 fully saturated rings. The Kier molecular flexibility index (Phi) is 3.62. The highest BCUT2D eigenvalue weighted by atomic mass is 32.1. The number of ether oxygens (including phenoxy) is 1. The molecule has 98 valence electrons. The van der Waals surface area contributed by atoms with Crippen molar-refractivity contribution in [2.45, 2.75) is 0 Å². The Bertz CT molecular complexity index is 648. The van der Waals surface area contributed by atoms with Crippen molar-refractivity contribution in [3.63, 3.8) is 0 Å². The molecule has 0 saturated carbocycles. The Morgan fingerprint density at radius 2 is 2.00 bits per heavy atom. The van der Waals surface area contributed by atoms with Gasteiger partial charge in [0, 0.05) is 0 Å². The minimum Gasteiger partial charge on any atom is -0.478 e. The van der Waals surface area contributed by atoms with E-state index in [2.05, 4.69) is 4.74 Å². The predicted octanol–water partition coefficient (Wildman–Crippen LogP) is 3.04. The lowest BCUT2D eigenvalue weighted by atomic mass is 10.1. The summed E-state index contributed by atoms with van der Waals surface area (Å²) in [6.07, 6.45) is 0. The summed E-state index contributed by atoms with van der Waals surface area (Å²) in [4.78, 5) is 22.6. The predicted molar refractivity (Wildman–Crippen MR) is 68.0 cm³/mol. The Morgan fingerprint density at radius 3 is 2.63 bits per heavy atom. The van der Waals surface area contributed by atoms with E-state index in [1.807, 2.05) is 0 Å². The number of carboxylic acids is 1. The van der Waals surface area contributed by atoms with Crippen molar-refractivity contribution in [3.05, 3.63) is 45.9 Å². The standard InChI is InChI=1S/C13H9FO4S/c1-18-13(17)11-5-8(6-19-11)7-2-3-10(14)9(4-7)12(15)16/h2-6H,1H3,(H,15,16). The van der Waals surface area contributed by atoms with Gasteiger partial charge in [-0.25, -0.2) is 14.0 Å². The fourth-order valence-electron chi connectivity index (χ4n) is 1.56. The summed E-state index contributed by atoms with van der Waals surface area (Å²) >= 11 is 1.18. The summed E-state index contributed by atoms with van der Waals surface area (Å²) in [7, 11) is 1.28. The normalized spacial score (nSPS) is 10.2. The molecule has 4 nitrogen and oxygen atoms in total. The first kappa shape index (κ1) is 13.2. The number of hydrogen-bond donors (Lipinski definition) is 1. The number of thiophene rings is 1. The SMILES string of the molecule is COC(=O)c1cc(-c2ccc(F)c(C(=O)O)c2)cs1. The lowest BCUT2D eigenvalue weighted by molar-refractivity contribution is 0.0605. The van der Waals surface area contributed by atoms with E-state index in [0.717, 1.165) is 6.07 Å². The second-order valence-corrected chi connectivity index (χ2v) is 4.60. The summed E-state index contributed by atoms with van der Waals surface area (Å²) in [5, 5.41) is 10.5. The first-order valence-electron chi connectivity index (χ1n) is 5.23. The highest BCUT2D eigenvalue weighted by molar-refractivity contribution is 7.12. The van der Waals surface area contributed by atoms with Crippen molar-refractivity contribution >= 4 is 23.3 Å². The van der Waals surface area contributed by atoms with Gasteiger partial charge in [-0.15, -0.1) is 11.3 Å². The molecule has 1 aromatic heterocycles. The Balaban J connectivity index is 2.42. The summed E-state index contributed by atoms with van der Waals surface area (Å²) in [6, 6.07) is 5.37. The molecular formula is C13H9FO4S. The number of hydrogen-bond acceptors (Lipinski definition) is 4. The molecule has 0 atom stereocenters. The van der Waals surface area contributed by atoms with E-state index in [1.54, 1.807) is 11.4 Å². The molecule has 6 heteroatoms. The third kappa shape index (κ3) is 2.63. The molecule has 0 aliphatic rings.